The third kappa shape index (κ3) is 0.923. The first-order valence-corrected chi connectivity index (χ1v) is 5.04. The predicted molar refractivity (Wildman–Crippen MR) is 57.3 cm³/mol. The first-order chi connectivity index (χ1) is 7.20. The van der Waals surface area contributed by atoms with Crippen molar-refractivity contribution in [2.75, 3.05) is 0 Å². The van der Waals surface area contributed by atoms with Gasteiger partial charge in [-0.05, 0) is 18.9 Å². The molecule has 0 spiro atoms. The molecule has 15 heavy (non-hydrogen) atoms. The van der Waals surface area contributed by atoms with Crippen molar-refractivity contribution in [3.8, 4) is 0 Å². The number of para-hydroxylation sites is 1. The second-order valence-electron chi connectivity index (χ2n) is 3.98. The first-order valence-electron chi connectivity index (χ1n) is 5.04. The molecule has 3 rings (SSSR count). The van der Waals surface area contributed by atoms with E-state index in [1.807, 2.05) is 19.1 Å². The Kier molecular flexibility index (Phi) is 1.49. The summed E-state index contributed by atoms with van der Waals surface area (Å²) in [5.74, 6) is -0.824. The van der Waals surface area contributed by atoms with E-state index < -0.39 is 5.97 Å². The third-order valence-electron chi connectivity index (χ3n) is 3.24. The number of aryl methyl sites for hydroxylation is 2. The van der Waals surface area contributed by atoms with Gasteiger partial charge < -0.3 is 9.67 Å². The largest absolute Gasteiger partial charge is 0.478 e. The molecular weight excluding hydrogens is 190 g/mol. The van der Waals surface area contributed by atoms with Gasteiger partial charge in [-0.2, -0.15) is 0 Å². The number of aromatic nitrogens is 1. The van der Waals surface area contributed by atoms with Crippen LogP contribution in [-0.2, 0) is 13.0 Å². The molecule has 0 aliphatic carbocycles. The summed E-state index contributed by atoms with van der Waals surface area (Å²) in [5.41, 5.74) is 3.73. The van der Waals surface area contributed by atoms with Crippen LogP contribution < -0.4 is 0 Å². The minimum Gasteiger partial charge on any atom is -0.478 e. The molecular formula is C12H11NO2. The molecule has 76 valence electrons. The summed E-state index contributed by atoms with van der Waals surface area (Å²) in [6, 6.07) is 5.92. The molecule has 0 atom stereocenters. The molecule has 3 heteroatoms. The lowest BCUT2D eigenvalue weighted by Crippen LogP contribution is -2.02. The van der Waals surface area contributed by atoms with Crippen LogP contribution in [-0.4, -0.2) is 15.6 Å². The van der Waals surface area contributed by atoms with Gasteiger partial charge in [0.2, 0.25) is 0 Å². The average molecular weight is 201 g/mol. The summed E-state index contributed by atoms with van der Waals surface area (Å²) in [5, 5.41) is 10.1. The summed E-state index contributed by atoms with van der Waals surface area (Å²) in [7, 11) is 0. The van der Waals surface area contributed by atoms with Crippen molar-refractivity contribution in [2.45, 2.75) is 19.9 Å². The Morgan fingerprint density at radius 3 is 3.00 bits per heavy atom. The number of hydrogen-bond acceptors (Lipinski definition) is 1. The number of carboxylic acid groups (broad SMARTS) is 1. The molecule has 1 N–H and O–H groups in total. The van der Waals surface area contributed by atoms with E-state index in [0.29, 0.717) is 5.56 Å². The zero-order valence-corrected chi connectivity index (χ0v) is 8.45. The maximum absolute atomic E-state index is 11.2. The van der Waals surface area contributed by atoms with Crippen LogP contribution in [0, 0.1) is 6.92 Å². The number of carboxylic acids is 1. The Morgan fingerprint density at radius 2 is 2.27 bits per heavy atom. The molecule has 1 aromatic heterocycles. The maximum atomic E-state index is 11.2. The molecule has 0 unspecified atom stereocenters. The Labute approximate surface area is 86.9 Å². The highest BCUT2D eigenvalue weighted by molar-refractivity contribution is 6.06. The zero-order valence-electron chi connectivity index (χ0n) is 8.45. The molecule has 0 bridgehead atoms. The number of aromatic carboxylic acids is 1. The van der Waals surface area contributed by atoms with Gasteiger partial charge in [0.1, 0.15) is 0 Å². The Balaban J connectivity index is 2.53. The van der Waals surface area contributed by atoms with Crippen molar-refractivity contribution >= 4 is 16.9 Å². The molecule has 0 radical (unpaired) electrons. The van der Waals surface area contributed by atoms with Gasteiger partial charge in [0.25, 0.3) is 0 Å². The Morgan fingerprint density at radius 1 is 1.47 bits per heavy atom. The normalized spacial score (nSPS) is 13.7. The van der Waals surface area contributed by atoms with Crippen molar-refractivity contribution in [2.24, 2.45) is 0 Å². The molecule has 1 aliphatic rings. The predicted octanol–water partition coefficient (Wildman–Crippen LogP) is 2.20. The molecule has 0 saturated heterocycles. The van der Waals surface area contributed by atoms with Gasteiger partial charge in [0.15, 0.2) is 0 Å². The van der Waals surface area contributed by atoms with E-state index in [1.165, 1.54) is 5.56 Å². The van der Waals surface area contributed by atoms with E-state index in [1.54, 1.807) is 0 Å². The molecule has 0 saturated carbocycles. The van der Waals surface area contributed by atoms with Gasteiger partial charge in [-0.25, -0.2) is 4.79 Å². The summed E-state index contributed by atoms with van der Waals surface area (Å²) < 4.78 is 2.12. The van der Waals surface area contributed by atoms with Crippen LogP contribution in [0.15, 0.2) is 18.2 Å². The summed E-state index contributed by atoms with van der Waals surface area (Å²) in [4.78, 5) is 11.2. The average Bonchev–Trinajstić information content (AvgIpc) is 2.72. The van der Waals surface area contributed by atoms with E-state index >= 15 is 0 Å². The van der Waals surface area contributed by atoms with Crippen LogP contribution >= 0.6 is 0 Å². The van der Waals surface area contributed by atoms with Gasteiger partial charge in [-0.3, -0.25) is 0 Å². The van der Waals surface area contributed by atoms with Crippen molar-refractivity contribution < 1.29 is 9.90 Å². The number of hydrogen-bond donors (Lipinski definition) is 1. The standard InChI is InChI=1S/C12H11NO2/c1-7-10(12(14)15)9-4-2-3-8-5-6-13(7)11(8)9/h2-4H,5-6H2,1H3,(H,14,15). The Hall–Kier alpha value is -1.77. The number of rotatable bonds is 1. The van der Waals surface area contributed by atoms with Gasteiger partial charge >= 0.3 is 5.97 Å². The van der Waals surface area contributed by atoms with Gasteiger partial charge in [0.05, 0.1) is 11.1 Å². The highest BCUT2D eigenvalue weighted by Gasteiger charge is 2.23. The first kappa shape index (κ1) is 8.53. The van der Waals surface area contributed by atoms with E-state index in [4.69, 9.17) is 0 Å². The van der Waals surface area contributed by atoms with E-state index in [-0.39, 0.29) is 0 Å². The smallest absolute Gasteiger partial charge is 0.338 e. The molecule has 2 heterocycles. The fourth-order valence-electron chi connectivity index (χ4n) is 2.59. The van der Waals surface area contributed by atoms with E-state index in [9.17, 15) is 9.90 Å². The van der Waals surface area contributed by atoms with Crippen LogP contribution in [0.5, 0.6) is 0 Å². The van der Waals surface area contributed by atoms with Gasteiger partial charge in [-0.1, -0.05) is 18.2 Å². The summed E-state index contributed by atoms with van der Waals surface area (Å²) in [6.45, 7) is 2.80. The third-order valence-corrected chi connectivity index (χ3v) is 3.24. The second-order valence-corrected chi connectivity index (χ2v) is 3.98. The lowest BCUT2D eigenvalue weighted by Gasteiger charge is -1.99. The lowest BCUT2D eigenvalue weighted by atomic mass is 10.1. The molecule has 3 nitrogen and oxygen atoms in total. The molecule has 2 aromatic rings. The molecule has 0 amide bonds. The topological polar surface area (TPSA) is 42.2 Å². The number of benzene rings is 1. The van der Waals surface area contributed by atoms with Crippen molar-refractivity contribution in [3.05, 3.63) is 35.0 Å². The van der Waals surface area contributed by atoms with Crippen molar-refractivity contribution in [1.82, 2.24) is 4.57 Å². The van der Waals surface area contributed by atoms with Gasteiger partial charge in [0, 0.05) is 17.6 Å². The van der Waals surface area contributed by atoms with Crippen molar-refractivity contribution in [1.29, 1.82) is 0 Å². The lowest BCUT2D eigenvalue weighted by molar-refractivity contribution is 0.0698. The fraction of sp³-hybridized carbons (Fsp3) is 0.250. The highest BCUT2D eigenvalue weighted by atomic mass is 16.4. The maximum Gasteiger partial charge on any atom is 0.338 e. The summed E-state index contributed by atoms with van der Waals surface area (Å²) in [6.07, 6.45) is 1.02. The molecule has 0 fully saturated rings. The number of carbonyl (C=O) groups is 1. The SMILES string of the molecule is Cc1c(C(=O)O)c2cccc3c2n1CC3. The fourth-order valence-corrected chi connectivity index (χ4v) is 2.59. The Bertz CT molecular complexity index is 581. The minimum atomic E-state index is -0.824. The monoisotopic (exact) mass is 201 g/mol. The van der Waals surface area contributed by atoms with Crippen LogP contribution in [0.3, 0.4) is 0 Å². The number of nitrogens with zero attached hydrogens (tertiary/aromatic N) is 1. The van der Waals surface area contributed by atoms with Crippen LogP contribution in [0.25, 0.3) is 10.9 Å². The van der Waals surface area contributed by atoms with Crippen LogP contribution in [0.4, 0.5) is 0 Å². The summed E-state index contributed by atoms with van der Waals surface area (Å²) >= 11 is 0. The quantitative estimate of drug-likeness (QED) is 0.768. The zero-order chi connectivity index (χ0) is 10.6. The van der Waals surface area contributed by atoms with Crippen molar-refractivity contribution in [3.63, 3.8) is 0 Å². The highest BCUT2D eigenvalue weighted by Crippen LogP contribution is 2.32. The second kappa shape index (κ2) is 2.63. The van der Waals surface area contributed by atoms with Crippen LogP contribution in [0.1, 0.15) is 21.6 Å². The molecule has 1 aromatic carbocycles. The van der Waals surface area contributed by atoms with Gasteiger partial charge in [-0.15, -0.1) is 0 Å². The van der Waals surface area contributed by atoms with Crippen LogP contribution in [0.2, 0.25) is 0 Å². The molecule has 1 aliphatic heterocycles. The van der Waals surface area contributed by atoms with E-state index in [2.05, 4.69) is 10.6 Å². The minimum absolute atomic E-state index is 0.464. The van der Waals surface area contributed by atoms with E-state index in [0.717, 1.165) is 29.6 Å².